The molecule has 2 aromatic rings. The normalized spacial score (nSPS) is 19.1. The average molecular weight is 536 g/mol. The minimum atomic E-state index is -5.04. The van der Waals surface area contributed by atoms with Crippen LogP contribution in [0.1, 0.15) is 39.4 Å². The number of likely N-dealkylation sites (N-methyl/N-ethyl adjacent to an activating group) is 1. The molecule has 0 spiro atoms. The first-order valence-electron chi connectivity index (χ1n) is 9.51. The van der Waals surface area contributed by atoms with Crippen molar-refractivity contribution in [1.82, 2.24) is 10.2 Å². The van der Waals surface area contributed by atoms with Crippen molar-refractivity contribution < 1.29 is 31.1 Å². The molecule has 33 heavy (non-hydrogen) atoms. The van der Waals surface area contributed by atoms with Gasteiger partial charge in [-0.3, -0.25) is 4.79 Å². The van der Waals surface area contributed by atoms with Gasteiger partial charge in [-0.2, -0.15) is 26.3 Å². The van der Waals surface area contributed by atoms with E-state index in [9.17, 15) is 31.1 Å². The van der Waals surface area contributed by atoms with Crippen molar-refractivity contribution in [2.24, 2.45) is 0 Å². The van der Waals surface area contributed by atoms with Gasteiger partial charge in [0.1, 0.15) is 0 Å². The van der Waals surface area contributed by atoms with Crippen molar-refractivity contribution in [1.29, 1.82) is 0 Å². The lowest BCUT2D eigenvalue weighted by atomic mass is 9.85. The Bertz CT molecular complexity index is 980. The zero-order chi connectivity index (χ0) is 23.8. The second-order valence-corrected chi connectivity index (χ2v) is 8.37. The number of piperidine rings is 1. The van der Waals surface area contributed by atoms with E-state index in [4.69, 9.17) is 23.2 Å². The standard InChI is InChI=1S/C21H18Cl2F6N2O.ClH/c1-31(18-4-5-30-10-15(18)11-2-3-16(22)17(23)8-11)19(32)12-6-13(20(24,25)26)9-14(7-12)21(27,28)29;/h2-3,6-9,15,18,30H,4-5,10H2,1H3;1H/t15-,18-;/m0./s1. The average Bonchev–Trinajstić information content (AvgIpc) is 2.73. The van der Waals surface area contributed by atoms with Gasteiger partial charge in [0, 0.05) is 31.1 Å². The lowest BCUT2D eigenvalue weighted by Crippen LogP contribution is -2.49. The molecule has 1 saturated heterocycles. The van der Waals surface area contributed by atoms with Gasteiger partial charge in [0.25, 0.3) is 5.91 Å². The Hall–Kier alpha value is -1.68. The quantitative estimate of drug-likeness (QED) is 0.445. The number of alkyl halides is 6. The maximum absolute atomic E-state index is 13.2. The third-order valence-electron chi connectivity index (χ3n) is 5.47. The van der Waals surface area contributed by atoms with Gasteiger partial charge in [-0.1, -0.05) is 29.3 Å². The van der Waals surface area contributed by atoms with Crippen molar-refractivity contribution in [3.63, 3.8) is 0 Å². The summed E-state index contributed by atoms with van der Waals surface area (Å²) in [4.78, 5) is 14.2. The van der Waals surface area contributed by atoms with Crippen LogP contribution in [0.25, 0.3) is 0 Å². The van der Waals surface area contributed by atoms with E-state index in [0.717, 1.165) is 5.56 Å². The fraction of sp³-hybridized carbons (Fsp3) is 0.381. The number of nitrogens with zero attached hydrogens (tertiary/aromatic N) is 1. The number of nitrogens with one attached hydrogen (secondary N) is 1. The monoisotopic (exact) mass is 534 g/mol. The highest BCUT2D eigenvalue weighted by Gasteiger charge is 2.39. The van der Waals surface area contributed by atoms with Crippen LogP contribution in [0.5, 0.6) is 0 Å². The van der Waals surface area contributed by atoms with Crippen LogP contribution in [0.2, 0.25) is 10.0 Å². The Morgan fingerprint density at radius 2 is 1.55 bits per heavy atom. The zero-order valence-corrected chi connectivity index (χ0v) is 19.4. The molecule has 1 amide bonds. The van der Waals surface area contributed by atoms with E-state index in [2.05, 4.69) is 5.32 Å². The largest absolute Gasteiger partial charge is 0.416 e. The summed E-state index contributed by atoms with van der Waals surface area (Å²) in [6.45, 7) is 0.965. The smallest absolute Gasteiger partial charge is 0.338 e. The highest BCUT2D eigenvalue weighted by molar-refractivity contribution is 6.42. The van der Waals surface area contributed by atoms with E-state index in [1.54, 1.807) is 18.2 Å². The number of benzene rings is 2. The van der Waals surface area contributed by atoms with Crippen LogP contribution in [0, 0.1) is 0 Å². The van der Waals surface area contributed by atoms with Crippen molar-refractivity contribution in [2.75, 3.05) is 20.1 Å². The molecule has 1 N–H and O–H groups in total. The van der Waals surface area contributed by atoms with Crippen LogP contribution >= 0.6 is 35.6 Å². The molecule has 0 aliphatic carbocycles. The molecule has 1 aliphatic heterocycles. The van der Waals surface area contributed by atoms with Gasteiger partial charge in [-0.25, -0.2) is 0 Å². The van der Waals surface area contributed by atoms with Crippen molar-refractivity contribution in [3.05, 3.63) is 68.7 Å². The van der Waals surface area contributed by atoms with Crippen molar-refractivity contribution in [3.8, 4) is 0 Å². The second kappa shape index (κ2) is 10.3. The van der Waals surface area contributed by atoms with E-state index in [-0.39, 0.29) is 24.4 Å². The van der Waals surface area contributed by atoms with Crippen LogP contribution < -0.4 is 5.32 Å². The minimum Gasteiger partial charge on any atom is -0.338 e. The summed E-state index contributed by atoms with van der Waals surface area (Å²) in [6, 6.07) is 5.37. The maximum atomic E-state index is 13.2. The lowest BCUT2D eigenvalue weighted by molar-refractivity contribution is -0.143. The number of rotatable bonds is 3. The van der Waals surface area contributed by atoms with Crippen molar-refractivity contribution in [2.45, 2.75) is 30.7 Å². The first-order valence-corrected chi connectivity index (χ1v) is 10.3. The molecule has 0 radical (unpaired) electrons. The molecule has 2 aromatic carbocycles. The molecule has 1 heterocycles. The molecule has 0 saturated carbocycles. The Morgan fingerprint density at radius 3 is 2.06 bits per heavy atom. The van der Waals surface area contributed by atoms with Crippen LogP contribution in [0.3, 0.4) is 0 Å². The third kappa shape index (κ3) is 6.26. The molecule has 1 aliphatic rings. The predicted molar refractivity (Wildman–Crippen MR) is 116 cm³/mol. The molecule has 182 valence electrons. The summed E-state index contributed by atoms with van der Waals surface area (Å²) in [5.41, 5.74) is -3.00. The molecule has 0 unspecified atom stereocenters. The molecule has 2 atom stereocenters. The first-order chi connectivity index (χ1) is 14.8. The van der Waals surface area contributed by atoms with Crippen LogP contribution in [-0.4, -0.2) is 37.0 Å². The zero-order valence-electron chi connectivity index (χ0n) is 17.0. The summed E-state index contributed by atoms with van der Waals surface area (Å²) in [5, 5.41) is 3.82. The van der Waals surface area contributed by atoms with Gasteiger partial charge in [0.15, 0.2) is 0 Å². The number of amides is 1. The molecule has 12 heteroatoms. The molecule has 3 rings (SSSR count). The Balaban J connectivity index is 0.00000385. The maximum Gasteiger partial charge on any atom is 0.416 e. The number of hydrogen-bond donors (Lipinski definition) is 1. The van der Waals surface area contributed by atoms with Crippen LogP contribution in [-0.2, 0) is 12.4 Å². The van der Waals surface area contributed by atoms with E-state index in [1.807, 2.05) is 0 Å². The van der Waals surface area contributed by atoms with Crippen LogP contribution in [0.4, 0.5) is 26.3 Å². The number of hydrogen-bond acceptors (Lipinski definition) is 2. The van der Waals surface area contributed by atoms with Gasteiger partial charge in [0.2, 0.25) is 0 Å². The third-order valence-corrected chi connectivity index (χ3v) is 6.21. The number of carbonyl (C=O) groups excluding carboxylic acids is 1. The summed E-state index contributed by atoms with van der Waals surface area (Å²) in [5.74, 6) is -1.22. The van der Waals surface area contributed by atoms with Crippen molar-refractivity contribution >= 4 is 41.5 Å². The second-order valence-electron chi connectivity index (χ2n) is 7.55. The molecular formula is C21H19Cl3F6N2O. The Morgan fingerprint density at radius 1 is 0.970 bits per heavy atom. The van der Waals surface area contributed by atoms with Gasteiger partial charge >= 0.3 is 12.4 Å². The number of halogens is 9. The molecule has 3 nitrogen and oxygen atoms in total. The summed E-state index contributed by atoms with van der Waals surface area (Å²) in [6.07, 6.45) is -9.63. The van der Waals surface area contributed by atoms with Gasteiger partial charge in [0.05, 0.1) is 21.2 Å². The lowest BCUT2D eigenvalue weighted by Gasteiger charge is -2.39. The first kappa shape index (κ1) is 27.6. The summed E-state index contributed by atoms with van der Waals surface area (Å²) in [7, 11) is 1.37. The molecule has 1 fully saturated rings. The van der Waals surface area contributed by atoms with Gasteiger partial charge in [-0.05, 0) is 48.9 Å². The fourth-order valence-electron chi connectivity index (χ4n) is 3.82. The molecule has 0 aromatic heterocycles. The van der Waals surface area contributed by atoms with Gasteiger partial charge in [-0.15, -0.1) is 12.4 Å². The summed E-state index contributed by atoms with van der Waals surface area (Å²) < 4.78 is 79.1. The minimum absolute atomic E-state index is 0. The van der Waals surface area contributed by atoms with E-state index < -0.39 is 41.0 Å². The van der Waals surface area contributed by atoms with Gasteiger partial charge < -0.3 is 10.2 Å². The van der Waals surface area contributed by atoms with Crippen LogP contribution in [0.15, 0.2) is 36.4 Å². The highest BCUT2D eigenvalue weighted by Crippen LogP contribution is 2.37. The predicted octanol–water partition coefficient (Wildman–Crippen LogP) is 6.67. The van der Waals surface area contributed by atoms with E-state index >= 15 is 0 Å². The highest BCUT2D eigenvalue weighted by atomic mass is 35.5. The number of carbonyl (C=O) groups is 1. The SMILES string of the molecule is CN(C(=O)c1cc(C(F)(F)F)cc(C(F)(F)F)c1)[C@H]1CCNC[C@H]1c1ccc(Cl)c(Cl)c1.Cl. The molecule has 0 bridgehead atoms. The van der Waals surface area contributed by atoms with E-state index in [0.29, 0.717) is 41.7 Å². The molecular weight excluding hydrogens is 517 g/mol. The summed E-state index contributed by atoms with van der Waals surface area (Å²) >= 11 is 12.0. The topological polar surface area (TPSA) is 32.3 Å². The Kier molecular flexibility index (Phi) is 8.60. The Labute approximate surface area is 202 Å². The van der Waals surface area contributed by atoms with E-state index in [1.165, 1.54) is 11.9 Å². The fourth-order valence-corrected chi connectivity index (χ4v) is 4.13.